The van der Waals surface area contributed by atoms with E-state index in [0.29, 0.717) is 18.9 Å². The van der Waals surface area contributed by atoms with Crippen LogP contribution in [0.25, 0.3) is 0 Å². The molecule has 0 spiro atoms. The van der Waals surface area contributed by atoms with Crippen LogP contribution in [0.1, 0.15) is 5.56 Å². The molecule has 18 heavy (non-hydrogen) atoms. The van der Waals surface area contributed by atoms with Crippen LogP contribution in [-0.2, 0) is 17.3 Å². The third kappa shape index (κ3) is 3.41. The van der Waals surface area contributed by atoms with Gasteiger partial charge in [-0.05, 0) is 17.5 Å². The molecular weight excluding hydrogens is 266 g/mol. The Labute approximate surface area is 113 Å². The molecule has 1 aromatic carbocycles. The Morgan fingerprint density at radius 3 is 2.78 bits per heavy atom. The quantitative estimate of drug-likeness (QED) is 0.884. The van der Waals surface area contributed by atoms with Crippen molar-refractivity contribution in [2.75, 3.05) is 12.4 Å². The van der Waals surface area contributed by atoms with Gasteiger partial charge in [-0.1, -0.05) is 24.3 Å². The fourth-order valence-electron chi connectivity index (χ4n) is 1.53. The van der Waals surface area contributed by atoms with E-state index in [-0.39, 0.29) is 0 Å². The molecule has 0 radical (unpaired) electrons. The van der Waals surface area contributed by atoms with Gasteiger partial charge < -0.3 is 10.5 Å². The summed E-state index contributed by atoms with van der Waals surface area (Å²) in [6, 6.07) is 11.4. The second-order valence-corrected chi connectivity index (χ2v) is 6.39. The number of ether oxygens (including phenoxy) is 1. The number of hydrogen-bond donors (Lipinski definition) is 1. The van der Waals surface area contributed by atoms with Gasteiger partial charge in [0.2, 0.25) is 0 Å². The SMILES string of the molecule is NCc1ccccc1OCCS(=O)c1cccs1. The Morgan fingerprint density at radius 2 is 2.06 bits per heavy atom. The fourth-order valence-corrected chi connectivity index (χ4v) is 3.49. The first-order chi connectivity index (χ1) is 8.81. The normalized spacial score (nSPS) is 12.3. The molecule has 0 aliphatic rings. The summed E-state index contributed by atoms with van der Waals surface area (Å²) in [5.41, 5.74) is 6.59. The zero-order chi connectivity index (χ0) is 12.8. The van der Waals surface area contributed by atoms with Crippen molar-refractivity contribution < 1.29 is 8.95 Å². The maximum Gasteiger partial charge on any atom is 0.123 e. The van der Waals surface area contributed by atoms with Crippen LogP contribution in [0.2, 0.25) is 0 Å². The van der Waals surface area contributed by atoms with Crippen LogP contribution >= 0.6 is 11.3 Å². The Kier molecular flexibility index (Phi) is 4.92. The van der Waals surface area contributed by atoms with Gasteiger partial charge in [0.15, 0.2) is 0 Å². The number of hydrogen-bond acceptors (Lipinski definition) is 4. The molecule has 1 atom stereocenters. The smallest absolute Gasteiger partial charge is 0.123 e. The van der Waals surface area contributed by atoms with Crippen LogP contribution in [0, 0.1) is 0 Å². The van der Waals surface area contributed by atoms with E-state index < -0.39 is 10.8 Å². The summed E-state index contributed by atoms with van der Waals surface area (Å²) < 4.78 is 18.4. The van der Waals surface area contributed by atoms with E-state index in [2.05, 4.69) is 0 Å². The largest absolute Gasteiger partial charge is 0.492 e. The summed E-state index contributed by atoms with van der Waals surface area (Å²) >= 11 is 1.51. The Bertz CT molecular complexity index is 511. The summed E-state index contributed by atoms with van der Waals surface area (Å²) in [6.45, 7) is 0.881. The highest BCUT2D eigenvalue weighted by molar-refractivity contribution is 7.87. The first-order valence-electron chi connectivity index (χ1n) is 5.64. The predicted molar refractivity (Wildman–Crippen MR) is 75.4 cm³/mol. The predicted octanol–water partition coefficient (Wildman–Crippen LogP) is 2.39. The Hall–Kier alpha value is -1.17. The number of para-hydroxylation sites is 1. The van der Waals surface area contributed by atoms with Gasteiger partial charge in [0, 0.05) is 12.1 Å². The zero-order valence-corrected chi connectivity index (χ0v) is 11.5. The van der Waals surface area contributed by atoms with Crippen LogP contribution in [-0.4, -0.2) is 16.6 Å². The van der Waals surface area contributed by atoms with Crippen LogP contribution in [0.5, 0.6) is 5.75 Å². The molecular formula is C13H15NO2S2. The van der Waals surface area contributed by atoms with Gasteiger partial charge in [0.05, 0.1) is 20.8 Å². The molecule has 0 bridgehead atoms. The topological polar surface area (TPSA) is 52.3 Å². The van der Waals surface area contributed by atoms with Gasteiger partial charge >= 0.3 is 0 Å². The average Bonchev–Trinajstić information content (AvgIpc) is 2.93. The highest BCUT2D eigenvalue weighted by Crippen LogP contribution is 2.18. The molecule has 1 heterocycles. The molecule has 0 fully saturated rings. The molecule has 2 N–H and O–H groups in total. The number of benzene rings is 1. The number of thiophene rings is 1. The van der Waals surface area contributed by atoms with Crippen LogP contribution in [0.4, 0.5) is 0 Å². The lowest BCUT2D eigenvalue weighted by atomic mass is 10.2. The maximum atomic E-state index is 11.9. The summed E-state index contributed by atoms with van der Waals surface area (Å²) in [7, 11) is -0.972. The molecule has 3 nitrogen and oxygen atoms in total. The lowest BCUT2D eigenvalue weighted by Gasteiger charge is -2.09. The van der Waals surface area contributed by atoms with Crippen LogP contribution in [0.3, 0.4) is 0 Å². The Balaban J connectivity index is 1.87. The summed E-state index contributed by atoms with van der Waals surface area (Å²) in [5.74, 6) is 1.28. The van der Waals surface area contributed by atoms with E-state index in [1.54, 1.807) is 0 Å². The minimum Gasteiger partial charge on any atom is -0.492 e. The van der Waals surface area contributed by atoms with E-state index in [0.717, 1.165) is 15.5 Å². The molecule has 0 saturated heterocycles. The van der Waals surface area contributed by atoms with Crippen LogP contribution < -0.4 is 10.5 Å². The van der Waals surface area contributed by atoms with E-state index >= 15 is 0 Å². The molecule has 1 unspecified atom stereocenters. The molecule has 2 aromatic rings. The van der Waals surface area contributed by atoms with Crippen molar-refractivity contribution in [3.05, 3.63) is 47.3 Å². The lowest BCUT2D eigenvalue weighted by Crippen LogP contribution is -2.09. The maximum absolute atomic E-state index is 11.9. The van der Waals surface area contributed by atoms with E-state index in [4.69, 9.17) is 10.5 Å². The molecule has 96 valence electrons. The van der Waals surface area contributed by atoms with E-state index in [1.807, 2.05) is 41.8 Å². The second kappa shape index (κ2) is 6.68. The third-order valence-electron chi connectivity index (χ3n) is 2.44. The van der Waals surface area contributed by atoms with Gasteiger partial charge in [-0.2, -0.15) is 0 Å². The highest BCUT2D eigenvalue weighted by atomic mass is 32.2. The third-order valence-corrected chi connectivity index (χ3v) is 5.07. The van der Waals surface area contributed by atoms with E-state index in [9.17, 15) is 4.21 Å². The zero-order valence-electron chi connectivity index (χ0n) is 9.87. The summed E-state index contributed by atoms with van der Waals surface area (Å²) in [4.78, 5) is 0. The summed E-state index contributed by atoms with van der Waals surface area (Å²) in [6.07, 6.45) is 0. The molecule has 0 aliphatic carbocycles. The number of rotatable bonds is 6. The van der Waals surface area contributed by atoms with Gasteiger partial charge in [0.1, 0.15) is 12.4 Å². The van der Waals surface area contributed by atoms with Crippen molar-refractivity contribution >= 4 is 22.1 Å². The fraction of sp³-hybridized carbons (Fsp3) is 0.231. The lowest BCUT2D eigenvalue weighted by molar-refractivity contribution is 0.339. The monoisotopic (exact) mass is 281 g/mol. The highest BCUT2D eigenvalue weighted by Gasteiger charge is 2.06. The van der Waals surface area contributed by atoms with Crippen molar-refractivity contribution in [2.45, 2.75) is 10.8 Å². The molecule has 5 heteroatoms. The Morgan fingerprint density at radius 1 is 1.22 bits per heavy atom. The van der Waals surface area contributed by atoms with Crippen molar-refractivity contribution in [1.29, 1.82) is 0 Å². The second-order valence-electron chi connectivity index (χ2n) is 3.64. The molecule has 0 aliphatic heterocycles. The van der Waals surface area contributed by atoms with Gasteiger partial charge in [-0.3, -0.25) is 4.21 Å². The van der Waals surface area contributed by atoms with E-state index in [1.165, 1.54) is 11.3 Å². The standard InChI is InChI=1S/C13H15NO2S2/c14-10-11-4-1-2-5-12(11)16-7-9-18(15)13-6-3-8-17-13/h1-6,8H,7,9-10,14H2. The van der Waals surface area contributed by atoms with Gasteiger partial charge in [0.25, 0.3) is 0 Å². The molecule has 1 aromatic heterocycles. The first kappa shape index (κ1) is 13.3. The van der Waals surface area contributed by atoms with Crippen LogP contribution in [0.15, 0.2) is 46.0 Å². The molecule has 0 amide bonds. The van der Waals surface area contributed by atoms with Gasteiger partial charge in [-0.15, -0.1) is 11.3 Å². The molecule has 0 saturated carbocycles. The number of nitrogens with two attached hydrogens (primary N) is 1. The molecule has 2 rings (SSSR count). The van der Waals surface area contributed by atoms with Crippen molar-refractivity contribution in [2.24, 2.45) is 5.73 Å². The van der Waals surface area contributed by atoms with Crippen molar-refractivity contribution in [3.63, 3.8) is 0 Å². The minimum absolute atomic E-state index is 0.432. The van der Waals surface area contributed by atoms with Gasteiger partial charge in [-0.25, -0.2) is 0 Å². The summed E-state index contributed by atoms with van der Waals surface area (Å²) in [5, 5.41) is 1.93. The minimum atomic E-state index is -0.972. The van der Waals surface area contributed by atoms with Crippen molar-refractivity contribution in [3.8, 4) is 5.75 Å². The average molecular weight is 281 g/mol. The van der Waals surface area contributed by atoms with Crippen molar-refractivity contribution in [1.82, 2.24) is 0 Å². The first-order valence-corrected chi connectivity index (χ1v) is 7.84.